The Morgan fingerprint density at radius 2 is 1.72 bits per heavy atom. The quantitative estimate of drug-likeness (QED) is 0.772. The van der Waals surface area contributed by atoms with Gasteiger partial charge in [-0.15, -0.1) is 0 Å². The van der Waals surface area contributed by atoms with Gasteiger partial charge in [0.05, 0.1) is 16.1 Å². The number of hydrogen-bond acceptors (Lipinski definition) is 5. The van der Waals surface area contributed by atoms with Gasteiger partial charge >= 0.3 is 0 Å². The highest BCUT2D eigenvalue weighted by Crippen LogP contribution is 2.43. The zero-order chi connectivity index (χ0) is 13.4. The van der Waals surface area contributed by atoms with Crippen LogP contribution in [0.25, 0.3) is 0 Å². The summed E-state index contributed by atoms with van der Waals surface area (Å²) in [4.78, 5) is 0. The molecule has 2 atom stereocenters. The summed E-state index contributed by atoms with van der Waals surface area (Å²) >= 11 is 0. The van der Waals surface area contributed by atoms with Crippen molar-refractivity contribution in [2.45, 2.75) is 60.9 Å². The maximum absolute atomic E-state index is 12.1. The summed E-state index contributed by atoms with van der Waals surface area (Å²) in [6.45, 7) is 0. The van der Waals surface area contributed by atoms with E-state index in [1.807, 2.05) is 0 Å². The topological polar surface area (TPSA) is 72.8 Å². The van der Waals surface area contributed by atoms with Crippen molar-refractivity contribution in [3.05, 3.63) is 0 Å². The molecule has 2 bridgehead atoms. The van der Waals surface area contributed by atoms with Gasteiger partial charge in [-0.2, -0.15) is 0 Å². The Bertz CT molecular complexity index is 367. The fraction of sp³-hybridized carbons (Fsp3) is 1.00. The van der Waals surface area contributed by atoms with Crippen LogP contribution in [0.1, 0.15) is 38.5 Å². The van der Waals surface area contributed by atoms with Gasteiger partial charge < -0.3 is 14.6 Å². The van der Waals surface area contributed by atoms with Gasteiger partial charge in [0.15, 0.2) is 16.1 Å². The first-order valence-corrected chi connectivity index (χ1v) is 8.03. The van der Waals surface area contributed by atoms with Crippen molar-refractivity contribution < 1.29 is 23.0 Å². The van der Waals surface area contributed by atoms with Crippen molar-refractivity contribution in [3.63, 3.8) is 0 Å². The fourth-order valence-electron chi connectivity index (χ4n) is 3.28. The molecule has 2 rings (SSSR count). The monoisotopic (exact) mass is 278 g/mol. The van der Waals surface area contributed by atoms with Crippen molar-refractivity contribution >= 4 is 9.84 Å². The molecule has 0 aromatic heterocycles. The molecule has 0 aliphatic carbocycles. The van der Waals surface area contributed by atoms with E-state index < -0.39 is 21.7 Å². The molecule has 2 heterocycles. The largest absolute Gasteiger partial charge is 0.390 e. The summed E-state index contributed by atoms with van der Waals surface area (Å²) in [5, 5.41) is 9.85. The predicted molar refractivity (Wildman–Crippen MR) is 67.0 cm³/mol. The predicted octanol–water partition coefficient (Wildman–Crippen LogP) is 0.856. The molecule has 0 radical (unpaired) electrons. The smallest absolute Gasteiger partial charge is 0.159 e. The number of fused-ring (bicyclic) bond motifs is 2. The Kier molecular flexibility index (Phi) is 4.02. The molecule has 18 heavy (non-hydrogen) atoms. The van der Waals surface area contributed by atoms with Crippen LogP contribution >= 0.6 is 0 Å². The van der Waals surface area contributed by atoms with Gasteiger partial charge in [0.2, 0.25) is 0 Å². The van der Waals surface area contributed by atoms with E-state index in [-0.39, 0.29) is 10.5 Å². The molecule has 0 aromatic rings. The van der Waals surface area contributed by atoms with E-state index in [4.69, 9.17) is 9.47 Å². The van der Waals surface area contributed by atoms with Gasteiger partial charge in [0.1, 0.15) is 0 Å². The minimum atomic E-state index is -3.03. The first-order valence-electron chi connectivity index (χ1n) is 6.42. The molecule has 0 saturated carbocycles. The Morgan fingerprint density at radius 1 is 1.22 bits per heavy atom. The normalized spacial score (nSPS) is 38.9. The average Bonchev–Trinajstić information content (AvgIpc) is 2.29. The van der Waals surface area contributed by atoms with Gasteiger partial charge in [0.25, 0.3) is 0 Å². The third kappa shape index (κ3) is 2.57. The minimum absolute atomic E-state index is 0.315. The molecule has 1 N–H and O–H groups in total. The van der Waals surface area contributed by atoms with Crippen molar-refractivity contribution in [2.24, 2.45) is 0 Å². The molecule has 0 aromatic carbocycles. The number of rotatable bonds is 4. The molecule has 2 saturated heterocycles. The van der Waals surface area contributed by atoms with E-state index in [1.165, 1.54) is 14.2 Å². The minimum Gasteiger partial charge on any atom is -0.390 e. The van der Waals surface area contributed by atoms with E-state index in [0.717, 1.165) is 6.42 Å². The molecule has 2 aliphatic rings. The van der Waals surface area contributed by atoms with Crippen LogP contribution in [0.2, 0.25) is 0 Å². The maximum atomic E-state index is 12.1. The van der Waals surface area contributed by atoms with Gasteiger partial charge in [-0.1, -0.05) is 6.42 Å². The van der Waals surface area contributed by atoms with Gasteiger partial charge in [-0.3, -0.25) is 0 Å². The Hall–Kier alpha value is -0.170. The number of aliphatic hydroxyl groups is 1. The van der Waals surface area contributed by atoms with Gasteiger partial charge in [-0.05, 0) is 25.7 Å². The van der Waals surface area contributed by atoms with Gasteiger partial charge in [0, 0.05) is 20.6 Å². The molecular weight excluding hydrogens is 256 g/mol. The van der Waals surface area contributed by atoms with Crippen LogP contribution < -0.4 is 0 Å². The zero-order valence-corrected chi connectivity index (χ0v) is 11.8. The van der Waals surface area contributed by atoms with Crippen LogP contribution in [0.3, 0.4) is 0 Å². The Morgan fingerprint density at radius 3 is 2.17 bits per heavy atom. The first-order chi connectivity index (χ1) is 8.41. The molecular formula is C12H22O5S. The summed E-state index contributed by atoms with van der Waals surface area (Å²) in [5.74, 6) is 0. The van der Waals surface area contributed by atoms with Crippen LogP contribution in [-0.4, -0.2) is 50.1 Å². The second-order valence-corrected chi connectivity index (χ2v) is 8.01. The lowest BCUT2D eigenvalue weighted by atomic mass is 9.83. The summed E-state index contributed by atoms with van der Waals surface area (Å²) in [5.41, 5.74) is -0.974. The van der Waals surface area contributed by atoms with Crippen molar-refractivity contribution in [3.8, 4) is 0 Å². The highest BCUT2D eigenvalue weighted by Gasteiger charge is 2.50. The van der Waals surface area contributed by atoms with Crippen LogP contribution in [0, 0.1) is 0 Å². The second-order valence-electron chi connectivity index (χ2n) is 5.50. The summed E-state index contributed by atoms with van der Waals surface area (Å²) in [6.07, 6.45) is 2.78. The van der Waals surface area contributed by atoms with Crippen molar-refractivity contribution in [2.75, 3.05) is 14.2 Å². The van der Waals surface area contributed by atoms with Crippen LogP contribution in [-0.2, 0) is 19.3 Å². The molecule has 106 valence electrons. The third-order valence-electron chi connectivity index (χ3n) is 4.27. The molecule has 2 fully saturated rings. The average molecular weight is 278 g/mol. The molecule has 2 unspecified atom stereocenters. The highest BCUT2D eigenvalue weighted by molar-refractivity contribution is 7.92. The van der Waals surface area contributed by atoms with Gasteiger partial charge in [-0.25, -0.2) is 8.42 Å². The van der Waals surface area contributed by atoms with E-state index in [1.54, 1.807) is 0 Å². The molecule has 6 heteroatoms. The van der Waals surface area contributed by atoms with Crippen LogP contribution in [0.15, 0.2) is 0 Å². The molecule has 0 spiro atoms. The maximum Gasteiger partial charge on any atom is 0.159 e. The standard InChI is InChI=1S/C12H22O5S/c1-16-11(17-2)8-12(13)6-9-4-3-5-10(7-12)18(9,14)15/h9-11,13H,3-8H2,1-2H3. The number of ether oxygens (including phenoxy) is 2. The van der Waals surface area contributed by atoms with Crippen molar-refractivity contribution in [1.82, 2.24) is 0 Å². The molecule has 2 aliphatic heterocycles. The number of methoxy groups -OCH3 is 2. The van der Waals surface area contributed by atoms with E-state index in [0.29, 0.717) is 32.1 Å². The fourth-order valence-corrected chi connectivity index (χ4v) is 5.90. The first kappa shape index (κ1) is 14.2. The Labute approximate surface area is 108 Å². The zero-order valence-electron chi connectivity index (χ0n) is 11.0. The summed E-state index contributed by atoms with van der Waals surface area (Å²) in [7, 11) is 0.0240. The third-order valence-corrected chi connectivity index (χ3v) is 6.93. The lowest BCUT2D eigenvalue weighted by molar-refractivity contribution is -0.148. The van der Waals surface area contributed by atoms with E-state index in [2.05, 4.69) is 0 Å². The second kappa shape index (κ2) is 5.07. The Balaban J connectivity index is 2.13. The highest BCUT2D eigenvalue weighted by atomic mass is 32.2. The molecule has 5 nitrogen and oxygen atoms in total. The summed E-state index contributed by atoms with van der Waals surface area (Å²) in [6, 6.07) is 0. The van der Waals surface area contributed by atoms with Crippen LogP contribution in [0.4, 0.5) is 0 Å². The lowest BCUT2D eigenvalue weighted by Crippen LogP contribution is -2.53. The molecule has 0 amide bonds. The SMILES string of the molecule is COC(CC1(O)CC2CCCC(C1)S2(=O)=O)OC. The summed E-state index contributed by atoms with van der Waals surface area (Å²) < 4.78 is 34.5. The van der Waals surface area contributed by atoms with Crippen molar-refractivity contribution in [1.29, 1.82) is 0 Å². The number of sulfone groups is 1. The lowest BCUT2D eigenvalue weighted by Gasteiger charge is -2.44. The van der Waals surface area contributed by atoms with Crippen LogP contribution in [0.5, 0.6) is 0 Å². The van der Waals surface area contributed by atoms with E-state index >= 15 is 0 Å². The number of hydrogen-bond donors (Lipinski definition) is 1. The van der Waals surface area contributed by atoms with E-state index in [9.17, 15) is 13.5 Å².